The molecule has 4 N–H and O–H groups in total. The van der Waals surface area contributed by atoms with Crippen LogP contribution < -0.4 is 25.4 Å². The number of ether oxygens (including phenoxy) is 4. The molecule has 4 atom stereocenters. The van der Waals surface area contributed by atoms with Gasteiger partial charge in [-0.3, -0.25) is 0 Å². The van der Waals surface area contributed by atoms with Gasteiger partial charge in [-0.2, -0.15) is 0 Å². The largest absolute Gasteiger partial charge is 0.488 e. The summed E-state index contributed by atoms with van der Waals surface area (Å²) in [4.78, 5) is 8.32. The maximum atomic E-state index is 6.51. The van der Waals surface area contributed by atoms with Crippen molar-refractivity contribution in [2.45, 2.75) is 82.7 Å². The van der Waals surface area contributed by atoms with Crippen molar-refractivity contribution < 1.29 is 18.9 Å². The number of rotatable bonds is 8. The highest BCUT2D eigenvalue weighted by atomic mass is 16.5. The number of aromatic amines is 1. The van der Waals surface area contributed by atoms with E-state index in [0.717, 1.165) is 103 Å². The van der Waals surface area contributed by atoms with Gasteiger partial charge in [-0.25, -0.2) is 4.98 Å². The first-order valence-electron chi connectivity index (χ1n) is 17.5. The number of imidazole rings is 1. The van der Waals surface area contributed by atoms with Gasteiger partial charge in [0, 0.05) is 77.7 Å². The summed E-state index contributed by atoms with van der Waals surface area (Å²) in [6.07, 6.45) is 15.5. The maximum absolute atomic E-state index is 6.51. The zero-order chi connectivity index (χ0) is 31.7. The van der Waals surface area contributed by atoms with Gasteiger partial charge in [0.1, 0.15) is 30.5 Å². The summed E-state index contributed by atoms with van der Waals surface area (Å²) in [7, 11) is 3.58. The van der Waals surface area contributed by atoms with Crippen LogP contribution >= 0.6 is 0 Å². The van der Waals surface area contributed by atoms with E-state index in [4.69, 9.17) is 23.9 Å². The standard InChI is InChI=1S/C38H47N5O4/c1-44-19-23-6-5-13-39-30(11-9-23)31-8-4-3-7-29(42-31)24-14-26-20-47-35-17-25(15-27-21-46-34(16-24)36(26)37(27)35)33-18-40-38(43-33)32-12-10-28(41-32)22-45-2/h7-8,14-18,23,28,30,32,39,41-42H,3-6,9-13,19-22H2,1-2H3,(H,40,43)/t23-,28-,30+,32+/m1/s1. The SMILES string of the molecule is COC[C@@H]1CCCN[C@H](C2=CCCC=C(c3cc4c5c(c3)OCc3cc(-c6cnc([C@@H]7CC[C@H](COC)N7)[nH]6)cc(c3-5)OC4)N2)CC1. The number of nitrogens with zero attached hydrogens (tertiary/aromatic N) is 1. The van der Waals surface area contributed by atoms with Gasteiger partial charge in [-0.05, 0) is 88.1 Å². The topological polar surface area (TPSA) is 102 Å². The molecule has 248 valence electrons. The fraction of sp³-hybridized carbons (Fsp3) is 0.500. The average Bonchev–Trinajstić information content (AvgIpc) is 3.69. The molecular formula is C38H47N5O4. The molecule has 0 spiro atoms. The second kappa shape index (κ2) is 13.5. The average molecular weight is 638 g/mol. The summed E-state index contributed by atoms with van der Waals surface area (Å²) in [6.45, 7) is 3.63. The second-order valence-corrected chi connectivity index (χ2v) is 13.8. The molecule has 0 aliphatic carbocycles. The van der Waals surface area contributed by atoms with E-state index >= 15 is 0 Å². The van der Waals surface area contributed by atoms with E-state index in [-0.39, 0.29) is 6.04 Å². The monoisotopic (exact) mass is 637 g/mol. The van der Waals surface area contributed by atoms with Gasteiger partial charge in [0.15, 0.2) is 0 Å². The van der Waals surface area contributed by atoms with Gasteiger partial charge in [0.25, 0.3) is 0 Å². The molecule has 0 unspecified atom stereocenters. The summed E-state index contributed by atoms with van der Waals surface area (Å²) >= 11 is 0. The molecule has 47 heavy (non-hydrogen) atoms. The molecular weight excluding hydrogens is 590 g/mol. The molecule has 5 aliphatic heterocycles. The van der Waals surface area contributed by atoms with Crippen molar-refractivity contribution in [2.24, 2.45) is 5.92 Å². The summed E-state index contributed by atoms with van der Waals surface area (Å²) in [5.74, 6) is 3.47. The lowest BCUT2D eigenvalue weighted by molar-refractivity contribution is 0.136. The third-order valence-corrected chi connectivity index (χ3v) is 10.5. The van der Waals surface area contributed by atoms with Crippen molar-refractivity contribution in [1.82, 2.24) is 25.9 Å². The highest BCUT2D eigenvalue weighted by Crippen LogP contribution is 2.50. The summed E-state index contributed by atoms with van der Waals surface area (Å²) < 4.78 is 23.8. The van der Waals surface area contributed by atoms with E-state index in [1.54, 1.807) is 7.11 Å². The van der Waals surface area contributed by atoms with E-state index in [1.807, 2.05) is 13.3 Å². The smallest absolute Gasteiger partial charge is 0.128 e. The fourth-order valence-corrected chi connectivity index (χ4v) is 8.15. The minimum Gasteiger partial charge on any atom is -0.488 e. The van der Waals surface area contributed by atoms with Gasteiger partial charge in [-0.15, -0.1) is 0 Å². The third-order valence-electron chi connectivity index (χ3n) is 10.5. The quantitative estimate of drug-likeness (QED) is 0.226. The fourth-order valence-electron chi connectivity index (χ4n) is 8.15. The number of nitrogens with one attached hydrogen (secondary N) is 4. The molecule has 0 bridgehead atoms. The molecule has 9 heteroatoms. The van der Waals surface area contributed by atoms with Crippen LogP contribution in [0.1, 0.15) is 79.9 Å². The molecule has 5 aliphatic rings. The Morgan fingerprint density at radius 1 is 0.809 bits per heavy atom. The van der Waals surface area contributed by atoms with Crippen LogP contribution in [0.2, 0.25) is 0 Å². The minimum atomic E-state index is 0.217. The Balaban J connectivity index is 1.03. The summed E-state index contributed by atoms with van der Waals surface area (Å²) in [5, 5.41) is 11.3. The van der Waals surface area contributed by atoms with E-state index in [0.29, 0.717) is 31.2 Å². The van der Waals surface area contributed by atoms with Crippen molar-refractivity contribution in [3.8, 4) is 33.9 Å². The molecule has 2 aromatic carbocycles. The lowest BCUT2D eigenvalue weighted by Gasteiger charge is -2.31. The van der Waals surface area contributed by atoms with Gasteiger partial charge in [0.05, 0.1) is 24.5 Å². The molecule has 0 radical (unpaired) electrons. The van der Waals surface area contributed by atoms with Crippen LogP contribution in [0.3, 0.4) is 0 Å². The van der Waals surface area contributed by atoms with E-state index in [2.05, 4.69) is 57.4 Å². The van der Waals surface area contributed by atoms with E-state index in [1.165, 1.54) is 36.1 Å². The zero-order valence-corrected chi connectivity index (χ0v) is 27.6. The molecule has 2 fully saturated rings. The second-order valence-electron chi connectivity index (χ2n) is 13.8. The molecule has 3 aromatic rings. The highest BCUT2D eigenvalue weighted by Gasteiger charge is 2.31. The van der Waals surface area contributed by atoms with Crippen LogP contribution in [0, 0.1) is 5.92 Å². The third kappa shape index (κ3) is 6.22. The van der Waals surface area contributed by atoms with Crippen molar-refractivity contribution in [1.29, 1.82) is 0 Å². The predicted molar refractivity (Wildman–Crippen MR) is 183 cm³/mol. The number of aromatic nitrogens is 2. The van der Waals surface area contributed by atoms with Crippen molar-refractivity contribution >= 4 is 5.70 Å². The Morgan fingerprint density at radius 3 is 2.36 bits per heavy atom. The van der Waals surface area contributed by atoms with Gasteiger partial charge >= 0.3 is 0 Å². The number of hydrogen-bond acceptors (Lipinski definition) is 8. The Morgan fingerprint density at radius 2 is 1.55 bits per heavy atom. The first-order valence-corrected chi connectivity index (χ1v) is 17.5. The summed E-state index contributed by atoms with van der Waals surface area (Å²) in [6, 6.07) is 9.81. The van der Waals surface area contributed by atoms with Crippen molar-refractivity contribution in [3.63, 3.8) is 0 Å². The number of allylic oxidation sites excluding steroid dienone is 2. The molecule has 0 amide bonds. The van der Waals surface area contributed by atoms with Crippen LogP contribution in [0.5, 0.6) is 11.5 Å². The van der Waals surface area contributed by atoms with Crippen molar-refractivity contribution in [2.75, 3.05) is 34.0 Å². The van der Waals surface area contributed by atoms with E-state index in [9.17, 15) is 0 Å². The summed E-state index contributed by atoms with van der Waals surface area (Å²) in [5.41, 5.74) is 10.3. The number of hydrogen-bond donors (Lipinski definition) is 4. The number of benzene rings is 2. The normalized spacial score (nSPS) is 25.2. The van der Waals surface area contributed by atoms with Crippen LogP contribution in [-0.4, -0.2) is 56.0 Å². The minimum absolute atomic E-state index is 0.217. The number of methoxy groups -OCH3 is 2. The van der Waals surface area contributed by atoms with Crippen LogP contribution in [-0.2, 0) is 22.7 Å². The van der Waals surface area contributed by atoms with Gasteiger partial charge < -0.3 is 39.9 Å². The molecule has 1 aromatic heterocycles. The first-order chi connectivity index (χ1) is 23.2. The Kier molecular flexibility index (Phi) is 8.80. The maximum Gasteiger partial charge on any atom is 0.128 e. The molecule has 9 nitrogen and oxygen atoms in total. The predicted octanol–water partition coefficient (Wildman–Crippen LogP) is 6.37. The first kappa shape index (κ1) is 30.7. The molecule has 6 heterocycles. The Bertz CT molecular complexity index is 1630. The lowest BCUT2D eigenvalue weighted by Crippen LogP contribution is -2.38. The molecule has 2 saturated heterocycles. The van der Waals surface area contributed by atoms with Crippen LogP contribution in [0.4, 0.5) is 0 Å². The zero-order valence-electron chi connectivity index (χ0n) is 27.6. The highest BCUT2D eigenvalue weighted by molar-refractivity contribution is 5.88. The lowest BCUT2D eigenvalue weighted by atomic mass is 9.87. The Labute approximate surface area is 277 Å². The van der Waals surface area contributed by atoms with Crippen molar-refractivity contribution in [3.05, 3.63) is 70.8 Å². The Hall–Kier alpha value is -3.63. The molecule has 8 rings (SSSR count). The van der Waals surface area contributed by atoms with Gasteiger partial charge in [-0.1, -0.05) is 12.2 Å². The molecule has 0 saturated carbocycles. The van der Waals surface area contributed by atoms with E-state index < -0.39 is 0 Å². The van der Waals surface area contributed by atoms with Crippen LogP contribution in [0.15, 0.2) is 48.3 Å². The van der Waals surface area contributed by atoms with Crippen LogP contribution in [0.25, 0.3) is 28.1 Å². The van der Waals surface area contributed by atoms with Gasteiger partial charge in [0.2, 0.25) is 0 Å². The number of H-pyrrole nitrogens is 1.